The van der Waals surface area contributed by atoms with E-state index < -0.39 is 0 Å². The number of nitrogens with one attached hydrogen (secondary N) is 2. The second-order valence-electron chi connectivity index (χ2n) is 7.45. The maximum absolute atomic E-state index is 12.5. The summed E-state index contributed by atoms with van der Waals surface area (Å²) in [7, 11) is 0. The molecule has 1 aliphatic rings. The smallest absolute Gasteiger partial charge is 0.253 e. The van der Waals surface area contributed by atoms with Crippen molar-refractivity contribution in [2.24, 2.45) is 0 Å². The quantitative estimate of drug-likeness (QED) is 0.875. The zero-order valence-electron chi connectivity index (χ0n) is 13.5. The number of rotatable bonds is 2. The number of hydrogen-bond donors (Lipinski definition) is 2. The van der Waals surface area contributed by atoms with E-state index in [1.165, 1.54) is 0 Å². The number of carbonyl (C=O) groups is 1. The minimum absolute atomic E-state index is 0.0107. The molecule has 0 unspecified atom stereocenters. The van der Waals surface area contributed by atoms with Crippen LogP contribution in [0.25, 0.3) is 0 Å². The van der Waals surface area contributed by atoms with Gasteiger partial charge in [0.25, 0.3) is 5.91 Å². The van der Waals surface area contributed by atoms with E-state index in [9.17, 15) is 4.79 Å². The largest absolute Gasteiger partial charge is 0.349 e. The van der Waals surface area contributed by atoms with E-state index >= 15 is 0 Å². The van der Waals surface area contributed by atoms with Gasteiger partial charge in [-0.15, -0.1) is 0 Å². The highest BCUT2D eigenvalue weighted by Crippen LogP contribution is 2.29. The first kappa shape index (κ1) is 16.3. The van der Waals surface area contributed by atoms with E-state index in [1.54, 1.807) is 6.07 Å². The molecule has 1 aromatic rings. The van der Waals surface area contributed by atoms with Crippen LogP contribution < -0.4 is 10.6 Å². The van der Waals surface area contributed by atoms with Crippen LogP contribution in [-0.2, 0) is 0 Å². The minimum Gasteiger partial charge on any atom is -0.349 e. The fourth-order valence-corrected chi connectivity index (χ4v) is 3.81. The molecular weight excluding hydrogens is 284 g/mol. The van der Waals surface area contributed by atoms with Gasteiger partial charge in [0.05, 0.1) is 10.6 Å². The van der Waals surface area contributed by atoms with Crippen molar-refractivity contribution < 1.29 is 4.79 Å². The molecule has 0 saturated carbocycles. The van der Waals surface area contributed by atoms with Gasteiger partial charge in [0.15, 0.2) is 0 Å². The Morgan fingerprint density at radius 2 is 1.81 bits per heavy atom. The summed E-state index contributed by atoms with van der Waals surface area (Å²) < 4.78 is 0. The molecule has 0 radical (unpaired) electrons. The van der Waals surface area contributed by atoms with Gasteiger partial charge in [-0.25, -0.2) is 0 Å². The second kappa shape index (κ2) is 5.62. The first-order valence-electron chi connectivity index (χ1n) is 7.44. The molecule has 1 aromatic carbocycles. The highest BCUT2D eigenvalue weighted by Gasteiger charge is 2.38. The van der Waals surface area contributed by atoms with Crippen LogP contribution in [0.5, 0.6) is 0 Å². The number of hydrogen-bond acceptors (Lipinski definition) is 2. The fraction of sp³-hybridized carbons (Fsp3) is 0.588. The molecule has 1 amide bonds. The van der Waals surface area contributed by atoms with Crippen LogP contribution in [0.2, 0.25) is 5.02 Å². The lowest BCUT2D eigenvalue weighted by atomic mass is 9.79. The average Bonchev–Trinajstić information content (AvgIpc) is 2.23. The van der Waals surface area contributed by atoms with Crippen molar-refractivity contribution in [2.45, 2.75) is 64.6 Å². The van der Waals surface area contributed by atoms with Crippen LogP contribution in [0, 0.1) is 6.92 Å². The van der Waals surface area contributed by atoms with Crippen molar-refractivity contribution in [1.29, 1.82) is 0 Å². The summed E-state index contributed by atoms with van der Waals surface area (Å²) in [4.78, 5) is 12.5. The third kappa shape index (κ3) is 4.21. The standard InChI is InChI=1S/C17H25ClN2O/c1-11-6-7-13(14(18)8-11)15(21)19-12-9-16(2,3)20-17(4,5)10-12/h6-8,12,20H,9-10H2,1-5H3,(H,19,21). The topological polar surface area (TPSA) is 41.1 Å². The molecule has 4 heteroatoms. The van der Waals surface area contributed by atoms with Gasteiger partial charge in [-0.3, -0.25) is 4.79 Å². The van der Waals surface area contributed by atoms with Crippen molar-refractivity contribution >= 4 is 17.5 Å². The Kier molecular flexibility index (Phi) is 4.36. The summed E-state index contributed by atoms with van der Waals surface area (Å²) in [5, 5.41) is 7.27. The van der Waals surface area contributed by atoms with E-state index in [1.807, 2.05) is 19.1 Å². The zero-order chi connectivity index (χ0) is 15.8. The first-order valence-corrected chi connectivity index (χ1v) is 7.82. The van der Waals surface area contributed by atoms with Crippen molar-refractivity contribution in [3.63, 3.8) is 0 Å². The van der Waals surface area contributed by atoms with Crippen LogP contribution in [0.3, 0.4) is 0 Å². The van der Waals surface area contributed by atoms with Gasteiger partial charge < -0.3 is 10.6 Å². The third-order valence-electron chi connectivity index (χ3n) is 3.89. The fourth-order valence-electron chi connectivity index (χ4n) is 3.49. The van der Waals surface area contributed by atoms with Gasteiger partial charge in [-0.05, 0) is 65.2 Å². The number of carbonyl (C=O) groups excluding carboxylic acids is 1. The van der Waals surface area contributed by atoms with Gasteiger partial charge in [-0.1, -0.05) is 17.7 Å². The number of amides is 1. The van der Waals surface area contributed by atoms with Gasteiger partial charge >= 0.3 is 0 Å². The Bertz CT molecular complexity index is 536. The predicted octanol–water partition coefficient (Wildman–Crippen LogP) is 3.69. The van der Waals surface area contributed by atoms with Crippen molar-refractivity contribution in [1.82, 2.24) is 10.6 Å². The molecule has 1 aliphatic heterocycles. The molecule has 21 heavy (non-hydrogen) atoms. The van der Waals surface area contributed by atoms with Crippen LogP contribution >= 0.6 is 11.6 Å². The summed E-state index contributed by atoms with van der Waals surface area (Å²) in [6, 6.07) is 5.69. The van der Waals surface area contributed by atoms with E-state index in [4.69, 9.17) is 11.6 Å². The van der Waals surface area contributed by atoms with E-state index in [0.29, 0.717) is 10.6 Å². The molecular formula is C17H25ClN2O. The van der Waals surface area contributed by atoms with Gasteiger partial charge in [-0.2, -0.15) is 0 Å². The number of piperidine rings is 1. The van der Waals surface area contributed by atoms with Crippen molar-refractivity contribution in [3.8, 4) is 0 Å². The van der Waals surface area contributed by atoms with E-state index in [2.05, 4.69) is 38.3 Å². The number of benzene rings is 1. The summed E-state index contributed by atoms with van der Waals surface area (Å²) in [6.07, 6.45) is 1.82. The summed E-state index contributed by atoms with van der Waals surface area (Å²) in [6.45, 7) is 10.7. The molecule has 0 aromatic heterocycles. The monoisotopic (exact) mass is 308 g/mol. The molecule has 116 valence electrons. The molecule has 3 nitrogen and oxygen atoms in total. The maximum atomic E-state index is 12.5. The van der Waals surface area contributed by atoms with Gasteiger partial charge in [0, 0.05) is 17.1 Å². The molecule has 1 saturated heterocycles. The SMILES string of the molecule is Cc1ccc(C(=O)NC2CC(C)(C)NC(C)(C)C2)c(Cl)c1. The number of halogens is 1. The van der Waals surface area contributed by atoms with Gasteiger partial charge in [0.2, 0.25) is 0 Å². The Hall–Kier alpha value is -1.06. The lowest BCUT2D eigenvalue weighted by Gasteiger charge is -2.46. The molecule has 0 spiro atoms. The average molecular weight is 309 g/mol. The van der Waals surface area contributed by atoms with Crippen LogP contribution in [0.15, 0.2) is 18.2 Å². The highest BCUT2D eigenvalue weighted by atomic mass is 35.5. The highest BCUT2D eigenvalue weighted by molar-refractivity contribution is 6.33. The summed E-state index contributed by atoms with van der Waals surface area (Å²) >= 11 is 6.18. The van der Waals surface area contributed by atoms with Gasteiger partial charge in [0.1, 0.15) is 0 Å². The summed E-state index contributed by atoms with van der Waals surface area (Å²) in [5.41, 5.74) is 1.63. The van der Waals surface area contributed by atoms with Crippen molar-refractivity contribution in [2.75, 3.05) is 0 Å². The molecule has 2 N–H and O–H groups in total. The third-order valence-corrected chi connectivity index (χ3v) is 4.21. The Morgan fingerprint density at radius 1 is 1.24 bits per heavy atom. The molecule has 0 aliphatic carbocycles. The molecule has 1 fully saturated rings. The molecule has 0 atom stereocenters. The second-order valence-corrected chi connectivity index (χ2v) is 7.86. The minimum atomic E-state index is -0.0847. The maximum Gasteiger partial charge on any atom is 0.253 e. The van der Waals surface area contributed by atoms with E-state index in [0.717, 1.165) is 18.4 Å². The normalized spacial score (nSPS) is 21.0. The Morgan fingerprint density at radius 3 is 2.33 bits per heavy atom. The number of aryl methyl sites for hydroxylation is 1. The van der Waals surface area contributed by atoms with Crippen molar-refractivity contribution in [3.05, 3.63) is 34.3 Å². The molecule has 1 heterocycles. The molecule has 0 bridgehead atoms. The van der Waals surface area contributed by atoms with Crippen LogP contribution in [-0.4, -0.2) is 23.0 Å². The summed E-state index contributed by atoms with van der Waals surface area (Å²) in [5.74, 6) is -0.0847. The lowest BCUT2D eigenvalue weighted by Crippen LogP contribution is -2.62. The zero-order valence-corrected chi connectivity index (χ0v) is 14.3. The lowest BCUT2D eigenvalue weighted by molar-refractivity contribution is 0.0873. The Labute approximate surface area is 132 Å². The van der Waals surface area contributed by atoms with E-state index in [-0.39, 0.29) is 23.0 Å². The van der Waals surface area contributed by atoms with Crippen LogP contribution in [0.4, 0.5) is 0 Å². The molecule has 2 rings (SSSR count). The van der Waals surface area contributed by atoms with Crippen LogP contribution in [0.1, 0.15) is 56.5 Å². The predicted molar refractivity (Wildman–Crippen MR) is 88.0 cm³/mol. The first-order chi connectivity index (χ1) is 9.58. The Balaban J connectivity index is 2.12.